The molecule has 3 heterocycles. The normalized spacial score (nSPS) is 17.0. The summed E-state index contributed by atoms with van der Waals surface area (Å²) in [6, 6.07) is 2.08. The topological polar surface area (TPSA) is 64.2 Å². The lowest BCUT2D eigenvalue weighted by Crippen LogP contribution is -2.40. The molecule has 0 spiro atoms. The number of nitrogens with zero attached hydrogens (tertiary/aromatic N) is 4. The maximum Gasteiger partial charge on any atom is 0.290 e. The Morgan fingerprint density at radius 3 is 2.96 bits per heavy atom. The molecule has 0 bridgehead atoms. The fourth-order valence-electron chi connectivity index (χ4n) is 3.24. The number of fused-ring (bicyclic) bond motifs is 1. The van der Waals surface area contributed by atoms with E-state index in [9.17, 15) is 4.79 Å². The van der Waals surface area contributed by atoms with Crippen molar-refractivity contribution in [2.75, 3.05) is 12.3 Å². The van der Waals surface area contributed by atoms with Crippen LogP contribution in [0.25, 0.3) is 0 Å². The van der Waals surface area contributed by atoms with E-state index < -0.39 is 0 Å². The van der Waals surface area contributed by atoms with Crippen LogP contribution in [0.2, 0.25) is 0 Å². The lowest BCUT2D eigenvalue weighted by Gasteiger charge is -2.31. The summed E-state index contributed by atoms with van der Waals surface area (Å²) in [5.41, 5.74) is 1.12. The van der Waals surface area contributed by atoms with Gasteiger partial charge in [0.25, 0.3) is 5.91 Å². The Bertz CT molecular complexity index is 752. The lowest BCUT2D eigenvalue weighted by molar-refractivity contribution is 0.0646. The van der Waals surface area contributed by atoms with Gasteiger partial charge < -0.3 is 13.9 Å². The number of furan rings is 1. The summed E-state index contributed by atoms with van der Waals surface area (Å²) in [6.45, 7) is 9.29. The molecule has 0 saturated carbocycles. The molecule has 0 saturated heterocycles. The van der Waals surface area contributed by atoms with Gasteiger partial charge in [0.05, 0.1) is 12.6 Å². The lowest BCUT2D eigenvalue weighted by atomic mass is 10.2. The summed E-state index contributed by atoms with van der Waals surface area (Å²) in [4.78, 5) is 14.7. The fraction of sp³-hybridized carbons (Fsp3) is 0.611. The van der Waals surface area contributed by atoms with E-state index in [0.717, 1.165) is 34.5 Å². The number of thioether (sulfide) groups is 1. The van der Waals surface area contributed by atoms with Crippen LogP contribution < -0.4 is 0 Å². The minimum absolute atomic E-state index is 0.0633. The Morgan fingerprint density at radius 2 is 2.20 bits per heavy atom. The van der Waals surface area contributed by atoms with E-state index >= 15 is 0 Å². The molecule has 1 aliphatic heterocycles. The minimum atomic E-state index is -0.0633. The Hall–Kier alpha value is -1.76. The summed E-state index contributed by atoms with van der Waals surface area (Å²) in [6.07, 6.45) is 2.43. The molecule has 3 rings (SSSR count). The predicted octanol–water partition coefficient (Wildman–Crippen LogP) is 3.74. The summed E-state index contributed by atoms with van der Waals surface area (Å²) < 4.78 is 7.87. The SMILES string of the molecule is CCCCSCc1cc(C(=O)N2Cc3nnc(C)n3C(C)C2)oc1C. The third-order valence-electron chi connectivity index (χ3n) is 4.61. The molecule has 1 unspecified atom stereocenters. The highest BCUT2D eigenvalue weighted by atomic mass is 32.2. The molecule has 0 N–H and O–H groups in total. The van der Waals surface area contributed by atoms with Crippen LogP contribution in [0.3, 0.4) is 0 Å². The van der Waals surface area contributed by atoms with E-state index in [0.29, 0.717) is 18.8 Å². The van der Waals surface area contributed by atoms with Crippen LogP contribution >= 0.6 is 11.8 Å². The smallest absolute Gasteiger partial charge is 0.290 e. The van der Waals surface area contributed by atoms with E-state index in [1.807, 2.05) is 31.7 Å². The number of carbonyl (C=O) groups is 1. The first-order valence-electron chi connectivity index (χ1n) is 8.88. The molecule has 7 heteroatoms. The first kappa shape index (κ1) is 18.0. The van der Waals surface area contributed by atoms with Gasteiger partial charge in [-0.1, -0.05) is 13.3 Å². The summed E-state index contributed by atoms with van der Waals surface area (Å²) in [7, 11) is 0. The van der Waals surface area contributed by atoms with E-state index in [1.165, 1.54) is 12.8 Å². The maximum absolute atomic E-state index is 12.9. The van der Waals surface area contributed by atoms with E-state index in [-0.39, 0.29) is 11.9 Å². The highest BCUT2D eigenvalue weighted by molar-refractivity contribution is 7.98. The van der Waals surface area contributed by atoms with Crippen molar-refractivity contribution in [2.24, 2.45) is 0 Å². The average molecular weight is 362 g/mol. The van der Waals surface area contributed by atoms with Gasteiger partial charge in [0.1, 0.15) is 11.6 Å². The second kappa shape index (κ2) is 7.64. The largest absolute Gasteiger partial charge is 0.456 e. The third-order valence-corrected chi connectivity index (χ3v) is 5.71. The van der Waals surface area contributed by atoms with Crippen molar-refractivity contribution in [3.63, 3.8) is 0 Å². The number of unbranched alkanes of at least 4 members (excludes halogenated alkanes) is 1. The van der Waals surface area contributed by atoms with Gasteiger partial charge in [0.15, 0.2) is 11.6 Å². The van der Waals surface area contributed by atoms with Crippen LogP contribution in [-0.4, -0.2) is 37.9 Å². The first-order chi connectivity index (χ1) is 12.0. The molecule has 1 atom stereocenters. The number of hydrogen-bond donors (Lipinski definition) is 0. The van der Waals surface area contributed by atoms with Gasteiger partial charge in [0, 0.05) is 17.9 Å². The van der Waals surface area contributed by atoms with Gasteiger partial charge in [-0.05, 0) is 39.0 Å². The van der Waals surface area contributed by atoms with Gasteiger partial charge in [-0.15, -0.1) is 10.2 Å². The van der Waals surface area contributed by atoms with Crippen LogP contribution in [0, 0.1) is 13.8 Å². The number of aryl methyl sites for hydroxylation is 2. The van der Waals surface area contributed by atoms with Gasteiger partial charge in [-0.25, -0.2) is 0 Å². The second-order valence-corrected chi connectivity index (χ2v) is 7.77. The molecule has 6 nitrogen and oxygen atoms in total. The molecule has 0 fully saturated rings. The van der Waals surface area contributed by atoms with Crippen molar-refractivity contribution in [3.05, 3.63) is 34.8 Å². The zero-order valence-electron chi connectivity index (χ0n) is 15.4. The van der Waals surface area contributed by atoms with Crippen molar-refractivity contribution >= 4 is 17.7 Å². The molecule has 1 amide bonds. The number of amides is 1. The molecular formula is C18H26N4O2S. The van der Waals surface area contributed by atoms with Crippen LogP contribution in [0.1, 0.15) is 66.3 Å². The molecular weight excluding hydrogens is 336 g/mol. The van der Waals surface area contributed by atoms with Crippen molar-refractivity contribution < 1.29 is 9.21 Å². The number of aromatic nitrogens is 3. The van der Waals surface area contributed by atoms with Gasteiger partial charge in [-0.3, -0.25) is 4.79 Å². The van der Waals surface area contributed by atoms with Crippen molar-refractivity contribution in [3.8, 4) is 0 Å². The third kappa shape index (κ3) is 3.76. The standard InChI is InChI=1S/C18H26N4O2S/c1-5-6-7-25-11-15-8-16(24-13(15)3)18(23)21-9-12(2)22-14(4)19-20-17(22)10-21/h8,12H,5-7,9-11H2,1-4H3. The van der Waals surface area contributed by atoms with E-state index in [4.69, 9.17) is 4.42 Å². The van der Waals surface area contributed by atoms with Crippen LogP contribution in [0.4, 0.5) is 0 Å². The van der Waals surface area contributed by atoms with Gasteiger partial charge in [-0.2, -0.15) is 11.8 Å². The number of carbonyl (C=O) groups excluding carboxylic acids is 1. The van der Waals surface area contributed by atoms with E-state index in [2.05, 4.69) is 28.6 Å². The summed E-state index contributed by atoms with van der Waals surface area (Å²) in [5, 5.41) is 8.33. The molecule has 0 aromatic carbocycles. The van der Waals surface area contributed by atoms with Crippen molar-refractivity contribution in [1.82, 2.24) is 19.7 Å². The first-order valence-corrected chi connectivity index (χ1v) is 10.0. The number of hydrogen-bond acceptors (Lipinski definition) is 5. The molecule has 0 aliphatic carbocycles. The van der Waals surface area contributed by atoms with Gasteiger partial charge >= 0.3 is 0 Å². The molecule has 25 heavy (non-hydrogen) atoms. The molecule has 2 aromatic heterocycles. The second-order valence-electron chi connectivity index (χ2n) is 6.67. The zero-order chi connectivity index (χ0) is 18.0. The van der Waals surface area contributed by atoms with Gasteiger partial charge in [0.2, 0.25) is 0 Å². The fourth-order valence-corrected chi connectivity index (χ4v) is 4.38. The Labute approximate surface area is 153 Å². The van der Waals surface area contributed by atoms with E-state index in [1.54, 1.807) is 4.90 Å². The van der Waals surface area contributed by atoms with Crippen molar-refractivity contribution in [1.29, 1.82) is 0 Å². The highest BCUT2D eigenvalue weighted by Crippen LogP contribution is 2.25. The Morgan fingerprint density at radius 1 is 1.40 bits per heavy atom. The summed E-state index contributed by atoms with van der Waals surface area (Å²) >= 11 is 1.89. The average Bonchev–Trinajstić information content (AvgIpc) is 3.14. The van der Waals surface area contributed by atoms with Crippen LogP contribution in [0.5, 0.6) is 0 Å². The van der Waals surface area contributed by atoms with Crippen molar-refractivity contribution in [2.45, 2.75) is 58.9 Å². The quantitative estimate of drug-likeness (QED) is 0.733. The predicted molar refractivity (Wildman–Crippen MR) is 98.7 cm³/mol. The Kier molecular flexibility index (Phi) is 5.51. The highest BCUT2D eigenvalue weighted by Gasteiger charge is 2.30. The molecule has 2 aromatic rings. The molecule has 0 radical (unpaired) electrons. The Balaban J connectivity index is 1.69. The molecule has 1 aliphatic rings. The summed E-state index contributed by atoms with van der Waals surface area (Å²) in [5.74, 6) is 4.98. The molecule has 136 valence electrons. The maximum atomic E-state index is 12.9. The van der Waals surface area contributed by atoms with Crippen LogP contribution in [0.15, 0.2) is 10.5 Å². The monoisotopic (exact) mass is 362 g/mol. The minimum Gasteiger partial charge on any atom is -0.456 e. The van der Waals surface area contributed by atoms with Crippen LogP contribution in [-0.2, 0) is 12.3 Å². The number of rotatable bonds is 6. The zero-order valence-corrected chi connectivity index (χ0v) is 16.2.